The van der Waals surface area contributed by atoms with Crippen LogP contribution in [0.1, 0.15) is 32.5 Å². The average molecular weight is 244 g/mol. The molecule has 1 aromatic heterocycles. The van der Waals surface area contributed by atoms with Crippen LogP contribution in [0.25, 0.3) is 0 Å². The van der Waals surface area contributed by atoms with Crippen LogP contribution in [0.3, 0.4) is 0 Å². The summed E-state index contributed by atoms with van der Waals surface area (Å²) in [7, 11) is 1.89. The lowest BCUT2D eigenvalue weighted by atomic mass is 10.0. The van der Waals surface area contributed by atoms with Crippen molar-refractivity contribution >= 4 is 11.8 Å². The summed E-state index contributed by atoms with van der Waals surface area (Å²) >= 11 is 1.52. The van der Waals surface area contributed by atoms with Crippen LogP contribution in [0.4, 0.5) is 0 Å². The van der Waals surface area contributed by atoms with Crippen molar-refractivity contribution in [3.63, 3.8) is 0 Å². The van der Waals surface area contributed by atoms with Crippen LogP contribution in [0.5, 0.6) is 0 Å². The highest BCUT2D eigenvalue weighted by atomic mass is 32.2. The van der Waals surface area contributed by atoms with E-state index in [1.54, 1.807) is 0 Å². The molecule has 0 aliphatic carbocycles. The van der Waals surface area contributed by atoms with Gasteiger partial charge in [-0.15, -0.1) is 10.2 Å². The van der Waals surface area contributed by atoms with Crippen molar-refractivity contribution < 1.29 is 5.11 Å². The van der Waals surface area contributed by atoms with Gasteiger partial charge in [0.2, 0.25) is 0 Å². The molecule has 0 aliphatic heterocycles. The van der Waals surface area contributed by atoms with Crippen LogP contribution in [-0.4, -0.2) is 31.2 Å². The van der Waals surface area contributed by atoms with Gasteiger partial charge in [0.1, 0.15) is 5.82 Å². The number of hydrogen-bond donors (Lipinski definition) is 2. The molecule has 16 heavy (non-hydrogen) atoms. The fourth-order valence-electron chi connectivity index (χ4n) is 1.30. The molecule has 92 valence electrons. The van der Waals surface area contributed by atoms with Gasteiger partial charge in [0.15, 0.2) is 5.16 Å². The normalized spacial score (nSPS) is 12.1. The molecule has 6 heteroatoms. The van der Waals surface area contributed by atoms with Crippen LogP contribution in [0, 0.1) is 0 Å². The smallest absolute Gasteiger partial charge is 0.191 e. The molecular formula is C10H20N4OS. The Morgan fingerprint density at radius 1 is 1.38 bits per heavy atom. The first kappa shape index (κ1) is 13.5. The molecule has 0 bridgehead atoms. The SMILES string of the molecule is CCC(O)(CC)CSc1nnc(CN)n1C. The summed E-state index contributed by atoms with van der Waals surface area (Å²) in [5.74, 6) is 1.40. The zero-order chi connectivity index (χ0) is 12.2. The maximum atomic E-state index is 10.1. The Hall–Kier alpha value is -0.590. The Morgan fingerprint density at radius 2 is 2.00 bits per heavy atom. The second kappa shape index (κ2) is 5.65. The van der Waals surface area contributed by atoms with Crippen molar-refractivity contribution in [2.75, 3.05) is 5.75 Å². The highest BCUT2D eigenvalue weighted by molar-refractivity contribution is 7.99. The third-order valence-corrected chi connectivity index (χ3v) is 4.19. The molecule has 0 radical (unpaired) electrons. The van der Waals surface area contributed by atoms with Gasteiger partial charge in [-0.25, -0.2) is 0 Å². The molecule has 0 saturated carbocycles. The summed E-state index contributed by atoms with van der Waals surface area (Å²) in [6.45, 7) is 4.37. The Bertz CT molecular complexity index is 336. The zero-order valence-electron chi connectivity index (χ0n) is 10.1. The van der Waals surface area contributed by atoms with Crippen molar-refractivity contribution in [1.82, 2.24) is 14.8 Å². The Kier molecular flexibility index (Phi) is 4.76. The standard InChI is InChI=1S/C10H20N4OS/c1-4-10(15,5-2)7-16-9-13-12-8(6-11)14(9)3/h15H,4-7,11H2,1-3H3. The third kappa shape index (κ3) is 2.96. The first-order valence-corrected chi connectivity index (χ1v) is 6.48. The fraction of sp³-hybridized carbons (Fsp3) is 0.800. The van der Waals surface area contributed by atoms with Crippen LogP contribution in [0.15, 0.2) is 5.16 Å². The van der Waals surface area contributed by atoms with Crippen LogP contribution < -0.4 is 5.73 Å². The van der Waals surface area contributed by atoms with E-state index >= 15 is 0 Å². The molecule has 0 saturated heterocycles. The summed E-state index contributed by atoms with van der Waals surface area (Å²) in [5, 5.41) is 19.0. The minimum Gasteiger partial charge on any atom is -0.389 e. The highest BCUT2D eigenvalue weighted by Crippen LogP contribution is 2.25. The largest absolute Gasteiger partial charge is 0.389 e. The number of rotatable bonds is 6. The van der Waals surface area contributed by atoms with Gasteiger partial charge in [-0.05, 0) is 12.8 Å². The topological polar surface area (TPSA) is 77.0 Å². The summed E-state index contributed by atoms with van der Waals surface area (Å²) in [5.41, 5.74) is 4.90. The van der Waals surface area contributed by atoms with Gasteiger partial charge < -0.3 is 15.4 Å². The molecule has 0 aliphatic rings. The monoisotopic (exact) mass is 244 g/mol. The maximum Gasteiger partial charge on any atom is 0.191 e. The van der Waals surface area contributed by atoms with Crippen molar-refractivity contribution in [3.8, 4) is 0 Å². The molecule has 3 N–H and O–H groups in total. The Morgan fingerprint density at radius 3 is 2.44 bits per heavy atom. The van der Waals surface area contributed by atoms with Crippen molar-refractivity contribution in [3.05, 3.63) is 5.82 Å². The van der Waals surface area contributed by atoms with Gasteiger partial charge in [-0.1, -0.05) is 25.6 Å². The minimum atomic E-state index is -0.612. The summed E-state index contributed by atoms with van der Waals surface area (Å²) < 4.78 is 1.87. The van der Waals surface area contributed by atoms with Crippen molar-refractivity contribution in [2.45, 2.75) is 44.0 Å². The molecule has 0 unspecified atom stereocenters. The molecule has 0 amide bonds. The van der Waals surface area contributed by atoms with Crippen LogP contribution in [-0.2, 0) is 13.6 Å². The minimum absolute atomic E-state index is 0.385. The summed E-state index contributed by atoms with van der Waals surface area (Å²) in [6.07, 6.45) is 1.50. The van der Waals surface area contributed by atoms with Gasteiger partial charge in [0.25, 0.3) is 0 Å². The number of nitrogens with two attached hydrogens (primary N) is 1. The number of aromatic nitrogens is 3. The van der Waals surface area contributed by atoms with E-state index in [9.17, 15) is 5.11 Å². The number of aliphatic hydroxyl groups is 1. The maximum absolute atomic E-state index is 10.1. The lowest BCUT2D eigenvalue weighted by Gasteiger charge is -2.24. The van der Waals surface area contributed by atoms with E-state index in [1.165, 1.54) is 11.8 Å². The van der Waals surface area contributed by atoms with E-state index in [4.69, 9.17) is 5.73 Å². The van der Waals surface area contributed by atoms with Gasteiger partial charge in [-0.2, -0.15) is 0 Å². The van der Waals surface area contributed by atoms with E-state index in [0.717, 1.165) is 23.8 Å². The molecule has 1 heterocycles. The summed E-state index contributed by atoms with van der Waals surface area (Å²) in [6, 6.07) is 0. The van der Waals surface area contributed by atoms with E-state index in [2.05, 4.69) is 10.2 Å². The van der Waals surface area contributed by atoms with E-state index in [0.29, 0.717) is 12.3 Å². The molecule has 0 atom stereocenters. The predicted octanol–water partition coefficient (Wildman–Crippen LogP) is 0.917. The summed E-state index contributed by atoms with van der Waals surface area (Å²) in [4.78, 5) is 0. The van der Waals surface area contributed by atoms with Crippen LogP contribution >= 0.6 is 11.8 Å². The van der Waals surface area contributed by atoms with E-state index in [1.807, 2.05) is 25.5 Å². The first-order chi connectivity index (χ1) is 7.56. The quantitative estimate of drug-likeness (QED) is 0.728. The lowest BCUT2D eigenvalue weighted by molar-refractivity contribution is 0.0571. The fourth-order valence-corrected chi connectivity index (χ4v) is 2.51. The number of thioether (sulfide) groups is 1. The molecule has 0 spiro atoms. The second-order valence-corrected chi connectivity index (χ2v) is 4.82. The van der Waals surface area contributed by atoms with Gasteiger partial charge in [-0.3, -0.25) is 0 Å². The average Bonchev–Trinajstić information content (AvgIpc) is 2.67. The third-order valence-electron chi connectivity index (χ3n) is 2.89. The second-order valence-electron chi connectivity index (χ2n) is 3.88. The first-order valence-electron chi connectivity index (χ1n) is 5.49. The lowest BCUT2D eigenvalue weighted by Crippen LogP contribution is -2.29. The van der Waals surface area contributed by atoms with Gasteiger partial charge >= 0.3 is 0 Å². The predicted molar refractivity (Wildman–Crippen MR) is 65.2 cm³/mol. The van der Waals surface area contributed by atoms with Gasteiger partial charge in [0.05, 0.1) is 12.1 Å². The van der Waals surface area contributed by atoms with E-state index in [-0.39, 0.29) is 0 Å². The van der Waals surface area contributed by atoms with Gasteiger partial charge in [0, 0.05) is 12.8 Å². The Balaban J connectivity index is 2.64. The highest BCUT2D eigenvalue weighted by Gasteiger charge is 2.23. The van der Waals surface area contributed by atoms with E-state index < -0.39 is 5.60 Å². The molecule has 0 fully saturated rings. The molecule has 0 aromatic carbocycles. The van der Waals surface area contributed by atoms with Crippen molar-refractivity contribution in [2.24, 2.45) is 12.8 Å². The molecule has 1 rings (SSSR count). The molecule has 1 aromatic rings. The molecule has 5 nitrogen and oxygen atoms in total. The zero-order valence-corrected chi connectivity index (χ0v) is 10.9. The molecular weight excluding hydrogens is 224 g/mol. The Labute approximate surface area is 100 Å². The van der Waals surface area contributed by atoms with Crippen molar-refractivity contribution in [1.29, 1.82) is 0 Å². The van der Waals surface area contributed by atoms with Crippen LogP contribution in [0.2, 0.25) is 0 Å². The number of hydrogen-bond acceptors (Lipinski definition) is 5. The number of nitrogens with zero attached hydrogens (tertiary/aromatic N) is 3.